The number of hydrogen-bond donors (Lipinski definition) is 1. The maximum atomic E-state index is 6.03. The molecule has 4 nitrogen and oxygen atoms in total. The molecule has 0 amide bonds. The molecule has 0 fully saturated rings. The van der Waals surface area contributed by atoms with Crippen LogP contribution in [0.15, 0.2) is 60.8 Å². The van der Waals surface area contributed by atoms with Crippen molar-refractivity contribution in [1.82, 2.24) is 9.55 Å². The van der Waals surface area contributed by atoms with Gasteiger partial charge in [-0.1, -0.05) is 48.5 Å². The van der Waals surface area contributed by atoms with Gasteiger partial charge < -0.3 is 15.0 Å². The smallest absolute Gasteiger partial charge is 0.201 e. The molecule has 0 aliphatic rings. The van der Waals surface area contributed by atoms with Crippen LogP contribution in [-0.2, 0) is 6.54 Å². The quantitative estimate of drug-likeness (QED) is 0.800. The van der Waals surface area contributed by atoms with E-state index in [-0.39, 0.29) is 12.4 Å². The number of para-hydroxylation sites is 1. The highest BCUT2D eigenvalue weighted by Gasteiger charge is 2.09. The summed E-state index contributed by atoms with van der Waals surface area (Å²) in [6, 6.07) is 17.9. The zero-order chi connectivity index (χ0) is 14.7. The number of nitrogen functional groups attached to an aromatic ring is 1. The number of aromatic nitrogens is 2. The predicted molar refractivity (Wildman–Crippen MR) is 91.4 cm³/mol. The second kappa shape index (κ2) is 7.00. The first-order valence-electron chi connectivity index (χ1n) is 6.78. The minimum atomic E-state index is 0. The van der Waals surface area contributed by atoms with Crippen LogP contribution in [0.4, 0.5) is 5.95 Å². The van der Waals surface area contributed by atoms with Crippen molar-refractivity contribution in [2.45, 2.75) is 6.54 Å². The van der Waals surface area contributed by atoms with Gasteiger partial charge in [-0.05, 0) is 6.07 Å². The topological polar surface area (TPSA) is 53.1 Å². The molecule has 2 N–H and O–H groups in total. The minimum absolute atomic E-state index is 0. The van der Waals surface area contributed by atoms with E-state index in [4.69, 9.17) is 10.5 Å². The van der Waals surface area contributed by atoms with Gasteiger partial charge in [-0.2, -0.15) is 0 Å². The summed E-state index contributed by atoms with van der Waals surface area (Å²) < 4.78 is 7.31. The monoisotopic (exact) mass is 315 g/mol. The second-order valence-corrected chi connectivity index (χ2v) is 4.79. The van der Waals surface area contributed by atoms with Crippen molar-refractivity contribution in [1.29, 1.82) is 0 Å². The largest absolute Gasteiger partial charge is 0.496 e. The van der Waals surface area contributed by atoms with Gasteiger partial charge in [0.2, 0.25) is 5.95 Å². The number of imidazole rings is 1. The van der Waals surface area contributed by atoms with E-state index < -0.39 is 0 Å². The highest BCUT2D eigenvalue weighted by atomic mass is 35.5. The SMILES string of the molecule is COc1ccccc1Cn1cc(-c2ccccc2)nc1N.Cl. The Kier molecular flexibility index (Phi) is 5.07. The zero-order valence-electron chi connectivity index (χ0n) is 12.3. The number of rotatable bonds is 4. The fraction of sp³-hybridized carbons (Fsp3) is 0.118. The normalized spacial score (nSPS) is 10.0. The van der Waals surface area contributed by atoms with Crippen LogP contribution in [0.5, 0.6) is 5.75 Å². The summed E-state index contributed by atoms with van der Waals surface area (Å²) >= 11 is 0. The van der Waals surface area contributed by atoms with Crippen molar-refractivity contribution in [3.63, 3.8) is 0 Å². The van der Waals surface area contributed by atoms with Crippen molar-refractivity contribution in [2.24, 2.45) is 0 Å². The molecule has 1 heterocycles. The van der Waals surface area contributed by atoms with Crippen LogP contribution in [0.1, 0.15) is 5.56 Å². The average molecular weight is 316 g/mol. The van der Waals surface area contributed by atoms with Gasteiger partial charge >= 0.3 is 0 Å². The molecular weight excluding hydrogens is 298 g/mol. The molecule has 0 aliphatic carbocycles. The first kappa shape index (κ1) is 15.9. The summed E-state index contributed by atoms with van der Waals surface area (Å²) in [5, 5.41) is 0. The van der Waals surface area contributed by atoms with Gasteiger partial charge in [0.25, 0.3) is 0 Å². The van der Waals surface area contributed by atoms with Crippen LogP contribution >= 0.6 is 12.4 Å². The molecular formula is C17H18ClN3O. The fourth-order valence-electron chi connectivity index (χ4n) is 2.32. The minimum Gasteiger partial charge on any atom is -0.496 e. The standard InChI is InChI=1S/C17H17N3O.ClH/c1-21-16-10-6-5-9-14(16)11-20-12-15(19-17(20)18)13-7-3-2-4-8-13;/h2-10,12H,11H2,1H3,(H2,18,19);1H. The molecule has 0 saturated heterocycles. The maximum Gasteiger partial charge on any atom is 0.201 e. The van der Waals surface area contributed by atoms with E-state index in [2.05, 4.69) is 4.98 Å². The van der Waals surface area contributed by atoms with Gasteiger partial charge in [0.05, 0.1) is 19.3 Å². The van der Waals surface area contributed by atoms with E-state index in [1.165, 1.54) is 0 Å². The molecule has 0 spiro atoms. The number of nitrogens with zero attached hydrogens (tertiary/aromatic N) is 2. The number of hydrogen-bond acceptors (Lipinski definition) is 3. The lowest BCUT2D eigenvalue weighted by Crippen LogP contribution is -2.04. The molecule has 0 atom stereocenters. The van der Waals surface area contributed by atoms with E-state index >= 15 is 0 Å². The van der Waals surface area contributed by atoms with Crippen LogP contribution < -0.4 is 10.5 Å². The van der Waals surface area contributed by atoms with Crippen molar-refractivity contribution in [3.8, 4) is 17.0 Å². The Morgan fingerprint density at radius 1 is 1.05 bits per heavy atom. The molecule has 0 unspecified atom stereocenters. The maximum absolute atomic E-state index is 6.03. The Morgan fingerprint density at radius 3 is 2.45 bits per heavy atom. The summed E-state index contributed by atoms with van der Waals surface area (Å²) in [6.45, 7) is 0.635. The number of anilines is 1. The number of halogens is 1. The van der Waals surface area contributed by atoms with Gasteiger partial charge in [-0.3, -0.25) is 0 Å². The van der Waals surface area contributed by atoms with Crippen molar-refractivity contribution in [3.05, 3.63) is 66.4 Å². The molecule has 0 saturated carbocycles. The summed E-state index contributed by atoms with van der Waals surface area (Å²) in [7, 11) is 1.67. The van der Waals surface area contributed by atoms with E-state index in [0.717, 1.165) is 22.6 Å². The molecule has 0 radical (unpaired) electrons. The summed E-state index contributed by atoms with van der Waals surface area (Å²) in [5.41, 5.74) is 9.04. The van der Waals surface area contributed by atoms with E-state index in [1.807, 2.05) is 65.4 Å². The number of nitrogens with two attached hydrogens (primary N) is 1. The lowest BCUT2D eigenvalue weighted by molar-refractivity contribution is 0.408. The van der Waals surface area contributed by atoms with Gasteiger partial charge in [0.1, 0.15) is 5.75 Å². The third-order valence-electron chi connectivity index (χ3n) is 3.41. The molecule has 1 aromatic heterocycles. The van der Waals surface area contributed by atoms with E-state index in [0.29, 0.717) is 12.5 Å². The van der Waals surface area contributed by atoms with Crippen LogP contribution in [0.3, 0.4) is 0 Å². The third-order valence-corrected chi connectivity index (χ3v) is 3.41. The Labute approximate surface area is 136 Å². The van der Waals surface area contributed by atoms with Crippen molar-refractivity contribution in [2.75, 3.05) is 12.8 Å². The van der Waals surface area contributed by atoms with Crippen molar-refractivity contribution < 1.29 is 4.74 Å². The van der Waals surface area contributed by atoms with Gasteiger partial charge in [0, 0.05) is 17.3 Å². The van der Waals surface area contributed by atoms with E-state index in [9.17, 15) is 0 Å². The summed E-state index contributed by atoms with van der Waals surface area (Å²) in [4.78, 5) is 4.43. The fourth-order valence-corrected chi connectivity index (χ4v) is 2.32. The van der Waals surface area contributed by atoms with Crippen LogP contribution in [-0.4, -0.2) is 16.7 Å². The Morgan fingerprint density at radius 2 is 1.73 bits per heavy atom. The highest BCUT2D eigenvalue weighted by molar-refractivity contribution is 5.85. The average Bonchev–Trinajstić information content (AvgIpc) is 2.90. The molecule has 0 aliphatic heterocycles. The lowest BCUT2D eigenvalue weighted by atomic mass is 10.2. The predicted octanol–water partition coefficient (Wildman–Crippen LogP) is 3.61. The molecule has 22 heavy (non-hydrogen) atoms. The molecule has 5 heteroatoms. The Bertz CT molecular complexity index is 741. The van der Waals surface area contributed by atoms with Crippen LogP contribution in [0.25, 0.3) is 11.3 Å². The second-order valence-electron chi connectivity index (χ2n) is 4.79. The molecule has 2 aromatic carbocycles. The Balaban J connectivity index is 0.00000176. The summed E-state index contributed by atoms with van der Waals surface area (Å²) in [5.74, 6) is 1.35. The lowest BCUT2D eigenvalue weighted by Gasteiger charge is -2.09. The number of benzene rings is 2. The summed E-state index contributed by atoms with van der Waals surface area (Å²) in [6.07, 6.45) is 1.97. The molecule has 3 aromatic rings. The zero-order valence-corrected chi connectivity index (χ0v) is 13.1. The van der Waals surface area contributed by atoms with E-state index in [1.54, 1.807) is 7.11 Å². The number of ether oxygens (including phenoxy) is 1. The third kappa shape index (κ3) is 3.23. The number of methoxy groups -OCH3 is 1. The molecule has 114 valence electrons. The molecule has 0 bridgehead atoms. The first-order valence-corrected chi connectivity index (χ1v) is 6.78. The first-order chi connectivity index (χ1) is 10.3. The van der Waals surface area contributed by atoms with Crippen LogP contribution in [0, 0.1) is 0 Å². The van der Waals surface area contributed by atoms with Gasteiger partial charge in [0.15, 0.2) is 0 Å². The van der Waals surface area contributed by atoms with Crippen molar-refractivity contribution >= 4 is 18.4 Å². The molecule has 3 rings (SSSR count). The Hall–Kier alpha value is -2.46. The highest BCUT2D eigenvalue weighted by Crippen LogP contribution is 2.23. The van der Waals surface area contributed by atoms with Gasteiger partial charge in [-0.15, -0.1) is 12.4 Å². The van der Waals surface area contributed by atoms with Gasteiger partial charge in [-0.25, -0.2) is 4.98 Å². The van der Waals surface area contributed by atoms with Crippen LogP contribution in [0.2, 0.25) is 0 Å².